The molecule has 1 saturated heterocycles. The van der Waals surface area contributed by atoms with Gasteiger partial charge in [0.2, 0.25) is 0 Å². The summed E-state index contributed by atoms with van der Waals surface area (Å²) in [6.45, 7) is 2.87. The van der Waals surface area contributed by atoms with Gasteiger partial charge in [-0.3, -0.25) is 9.78 Å². The van der Waals surface area contributed by atoms with Crippen LogP contribution in [0.15, 0.2) is 67.1 Å². The number of fused-ring (bicyclic) bond motifs is 3. The van der Waals surface area contributed by atoms with Crippen molar-refractivity contribution in [3.63, 3.8) is 0 Å². The van der Waals surface area contributed by atoms with E-state index in [1.54, 1.807) is 4.90 Å². The van der Waals surface area contributed by atoms with Gasteiger partial charge in [0.25, 0.3) is 5.91 Å². The quantitative estimate of drug-likeness (QED) is 0.395. The molecule has 1 unspecified atom stereocenters. The highest BCUT2D eigenvalue weighted by Gasteiger charge is 2.26. The van der Waals surface area contributed by atoms with Crippen molar-refractivity contribution >= 4 is 22.6 Å². The third-order valence-electron chi connectivity index (χ3n) is 7.14. The number of benzene rings is 1. The van der Waals surface area contributed by atoms with E-state index in [0.717, 1.165) is 64.0 Å². The second-order valence-corrected chi connectivity index (χ2v) is 9.54. The third kappa shape index (κ3) is 4.03. The third-order valence-corrected chi connectivity index (χ3v) is 7.14. The first kappa shape index (κ1) is 22.4. The van der Waals surface area contributed by atoms with E-state index in [1.807, 2.05) is 47.4 Å². The van der Waals surface area contributed by atoms with Crippen LogP contribution in [-0.4, -0.2) is 59.7 Å². The highest BCUT2D eigenvalue weighted by molar-refractivity contribution is 5.86. The van der Waals surface area contributed by atoms with E-state index in [4.69, 9.17) is 9.97 Å². The number of rotatable bonds is 5. The first-order chi connectivity index (χ1) is 17.6. The number of carbonyl (C=O) groups is 1. The van der Waals surface area contributed by atoms with Crippen LogP contribution < -0.4 is 0 Å². The van der Waals surface area contributed by atoms with Gasteiger partial charge < -0.3 is 15.0 Å². The summed E-state index contributed by atoms with van der Waals surface area (Å²) in [5.74, 6) is 0.242. The number of nitrogens with zero attached hydrogens (tertiary/aromatic N) is 5. The van der Waals surface area contributed by atoms with E-state index in [1.165, 1.54) is 6.92 Å². The number of aliphatic hydroxyl groups is 1. The number of aromatic nitrogens is 5. The summed E-state index contributed by atoms with van der Waals surface area (Å²) in [5.41, 5.74) is 6.69. The fraction of sp³-hybridized carbons (Fsp3) is 0.286. The average molecular weight is 481 g/mol. The van der Waals surface area contributed by atoms with Gasteiger partial charge in [-0.1, -0.05) is 36.4 Å². The summed E-state index contributed by atoms with van der Waals surface area (Å²) in [4.78, 5) is 27.0. The fourth-order valence-electron chi connectivity index (χ4n) is 5.16. The molecule has 0 saturated carbocycles. The molecule has 5 heterocycles. The first-order valence-electron chi connectivity index (χ1n) is 12.4. The highest BCUT2D eigenvalue weighted by atomic mass is 16.3. The van der Waals surface area contributed by atoms with Gasteiger partial charge in [0.15, 0.2) is 5.65 Å². The van der Waals surface area contributed by atoms with Gasteiger partial charge >= 0.3 is 0 Å². The van der Waals surface area contributed by atoms with E-state index in [9.17, 15) is 9.90 Å². The molecule has 4 aromatic heterocycles. The van der Waals surface area contributed by atoms with Gasteiger partial charge in [-0.05, 0) is 44.2 Å². The highest BCUT2D eigenvalue weighted by Crippen LogP contribution is 2.30. The molecule has 8 nitrogen and oxygen atoms in total. The zero-order valence-corrected chi connectivity index (χ0v) is 20.1. The zero-order chi connectivity index (χ0) is 24.6. The molecule has 1 aliphatic heterocycles. The van der Waals surface area contributed by atoms with Crippen molar-refractivity contribution < 1.29 is 9.90 Å². The standard InChI is InChI=1S/C28H28N6O2/c1-18(35)28(36)33-13-10-19(11-14-33)15-25-22-9-12-29-26(22)34-27(32-25)23(17-31-34)21-7-8-24(30-16-21)20-5-3-2-4-6-20/h2-9,12,16-19,29,35H,10-11,13-15H2,1H3. The number of hydrogen-bond donors (Lipinski definition) is 2. The molecule has 8 heteroatoms. The second kappa shape index (κ2) is 9.20. The predicted molar refractivity (Wildman–Crippen MR) is 138 cm³/mol. The molecule has 1 aromatic carbocycles. The Hall–Kier alpha value is -4.04. The lowest BCUT2D eigenvalue weighted by Crippen LogP contribution is -2.43. The van der Waals surface area contributed by atoms with Gasteiger partial charge in [0.1, 0.15) is 11.8 Å². The molecular formula is C28H28N6O2. The Bertz CT molecular complexity index is 1510. The number of aliphatic hydroxyl groups excluding tert-OH is 1. The summed E-state index contributed by atoms with van der Waals surface area (Å²) < 4.78 is 1.86. The van der Waals surface area contributed by atoms with E-state index in [2.05, 4.69) is 34.3 Å². The number of carbonyl (C=O) groups excluding carboxylic acids is 1. The van der Waals surface area contributed by atoms with Crippen LogP contribution in [0.3, 0.4) is 0 Å². The van der Waals surface area contributed by atoms with Crippen LogP contribution in [0.25, 0.3) is 39.1 Å². The molecule has 182 valence electrons. The smallest absolute Gasteiger partial charge is 0.251 e. The van der Waals surface area contributed by atoms with Crippen molar-refractivity contribution in [2.45, 2.75) is 32.3 Å². The Labute approximate surface area is 208 Å². The minimum Gasteiger partial charge on any atom is -0.384 e. The maximum atomic E-state index is 12.1. The van der Waals surface area contributed by atoms with Crippen LogP contribution in [0.5, 0.6) is 0 Å². The number of piperidine rings is 1. The minimum atomic E-state index is -0.943. The SMILES string of the molecule is CC(O)C(=O)N1CCC(Cc2nc3c(-c4ccc(-c5ccccc5)nc4)cnn3c3[nH]ccc23)CC1. The fourth-order valence-corrected chi connectivity index (χ4v) is 5.16. The molecule has 36 heavy (non-hydrogen) atoms. The van der Waals surface area contributed by atoms with Crippen molar-refractivity contribution in [1.29, 1.82) is 0 Å². The molecule has 0 spiro atoms. The summed E-state index contributed by atoms with van der Waals surface area (Å²) in [7, 11) is 0. The summed E-state index contributed by atoms with van der Waals surface area (Å²) in [5, 5.41) is 15.3. The average Bonchev–Trinajstić information content (AvgIpc) is 3.57. The predicted octanol–water partition coefficient (Wildman–Crippen LogP) is 4.10. The van der Waals surface area contributed by atoms with E-state index >= 15 is 0 Å². The largest absolute Gasteiger partial charge is 0.384 e. The zero-order valence-electron chi connectivity index (χ0n) is 20.1. The Morgan fingerprint density at radius 3 is 2.61 bits per heavy atom. The number of likely N-dealkylation sites (tertiary alicyclic amines) is 1. The molecule has 0 radical (unpaired) electrons. The summed E-state index contributed by atoms with van der Waals surface area (Å²) in [6, 6.07) is 16.3. The Morgan fingerprint density at radius 2 is 1.89 bits per heavy atom. The number of amides is 1. The Kier molecular flexibility index (Phi) is 5.73. The molecule has 1 fully saturated rings. The lowest BCUT2D eigenvalue weighted by atomic mass is 9.91. The molecule has 5 aromatic rings. The van der Waals surface area contributed by atoms with Crippen LogP contribution in [0.2, 0.25) is 0 Å². The van der Waals surface area contributed by atoms with Crippen LogP contribution in [0, 0.1) is 5.92 Å². The van der Waals surface area contributed by atoms with Gasteiger partial charge in [0, 0.05) is 47.6 Å². The van der Waals surface area contributed by atoms with Gasteiger partial charge in [0.05, 0.1) is 17.6 Å². The maximum Gasteiger partial charge on any atom is 0.251 e. The van der Waals surface area contributed by atoms with Crippen LogP contribution in [-0.2, 0) is 11.2 Å². The number of nitrogens with one attached hydrogen (secondary N) is 1. The van der Waals surface area contributed by atoms with Gasteiger partial charge in [-0.2, -0.15) is 9.61 Å². The van der Waals surface area contributed by atoms with Crippen molar-refractivity contribution in [2.75, 3.05) is 13.1 Å². The van der Waals surface area contributed by atoms with Crippen molar-refractivity contribution in [2.24, 2.45) is 5.92 Å². The maximum absolute atomic E-state index is 12.1. The van der Waals surface area contributed by atoms with Gasteiger partial charge in [-0.25, -0.2) is 4.98 Å². The van der Waals surface area contributed by atoms with Crippen molar-refractivity contribution in [3.05, 3.63) is 72.8 Å². The van der Waals surface area contributed by atoms with Crippen molar-refractivity contribution in [1.82, 2.24) is 29.5 Å². The van der Waals surface area contributed by atoms with E-state index < -0.39 is 6.10 Å². The molecule has 6 rings (SSSR count). The second-order valence-electron chi connectivity index (χ2n) is 9.54. The topological polar surface area (TPSA) is 99.4 Å². The number of aromatic amines is 1. The number of pyridine rings is 1. The Morgan fingerprint density at radius 1 is 1.08 bits per heavy atom. The summed E-state index contributed by atoms with van der Waals surface area (Å²) >= 11 is 0. The molecular weight excluding hydrogens is 452 g/mol. The molecule has 1 aliphatic rings. The molecule has 0 aliphatic carbocycles. The van der Waals surface area contributed by atoms with E-state index in [0.29, 0.717) is 19.0 Å². The Balaban J connectivity index is 1.30. The van der Waals surface area contributed by atoms with E-state index in [-0.39, 0.29) is 5.91 Å². The van der Waals surface area contributed by atoms with Crippen LogP contribution >= 0.6 is 0 Å². The lowest BCUT2D eigenvalue weighted by Gasteiger charge is -2.32. The first-order valence-corrected chi connectivity index (χ1v) is 12.4. The minimum absolute atomic E-state index is 0.184. The van der Waals surface area contributed by atoms with Gasteiger partial charge in [-0.15, -0.1) is 0 Å². The number of hydrogen-bond acceptors (Lipinski definition) is 5. The molecule has 0 bridgehead atoms. The molecule has 1 amide bonds. The molecule has 1 atom stereocenters. The van der Waals surface area contributed by atoms with Crippen LogP contribution in [0.4, 0.5) is 0 Å². The summed E-state index contributed by atoms with van der Waals surface area (Å²) in [6.07, 6.45) is 7.35. The monoisotopic (exact) mass is 480 g/mol. The van der Waals surface area contributed by atoms with Crippen LogP contribution in [0.1, 0.15) is 25.5 Å². The normalized spacial score (nSPS) is 15.6. The lowest BCUT2D eigenvalue weighted by molar-refractivity contribution is -0.140. The number of H-pyrrole nitrogens is 1. The van der Waals surface area contributed by atoms with Crippen molar-refractivity contribution in [3.8, 4) is 22.4 Å². The molecule has 2 N–H and O–H groups in total.